The number of alkyl halides is 1. The van der Waals surface area contributed by atoms with Gasteiger partial charge in [-0.1, -0.05) is 34.5 Å². The number of piperidine rings is 1. The fraction of sp³-hybridized carbons (Fsp3) is 0.462. The molecule has 5 heteroatoms. The maximum atomic E-state index is 12.4. The predicted molar refractivity (Wildman–Crippen MR) is 78.5 cm³/mol. The number of hydrogen-bond acceptors (Lipinski definition) is 1. The predicted octanol–water partition coefficient (Wildman–Crippen LogP) is 4.19. The lowest BCUT2D eigenvalue weighted by Crippen LogP contribution is -2.43. The van der Waals surface area contributed by atoms with Crippen molar-refractivity contribution in [2.75, 3.05) is 13.1 Å². The summed E-state index contributed by atoms with van der Waals surface area (Å²) < 4.78 is 0.867. The van der Waals surface area contributed by atoms with Crippen molar-refractivity contribution < 1.29 is 4.79 Å². The van der Waals surface area contributed by atoms with Gasteiger partial charge in [-0.3, -0.25) is 4.79 Å². The van der Waals surface area contributed by atoms with E-state index in [1.807, 2.05) is 6.07 Å². The summed E-state index contributed by atoms with van der Waals surface area (Å²) in [5.41, 5.74) is 0.540. The van der Waals surface area contributed by atoms with Crippen molar-refractivity contribution in [1.29, 1.82) is 0 Å². The maximum absolute atomic E-state index is 12.4. The zero-order valence-electron chi connectivity index (χ0n) is 10.00. The first kappa shape index (κ1) is 14.2. The van der Waals surface area contributed by atoms with E-state index in [-0.39, 0.29) is 11.3 Å². The van der Waals surface area contributed by atoms with Crippen LogP contribution < -0.4 is 0 Å². The van der Waals surface area contributed by atoms with Crippen molar-refractivity contribution in [3.05, 3.63) is 33.3 Å². The molecule has 2 nitrogen and oxygen atoms in total. The molecule has 0 N–H and O–H groups in total. The van der Waals surface area contributed by atoms with Crippen LogP contribution in [0.2, 0.25) is 5.02 Å². The van der Waals surface area contributed by atoms with Crippen LogP contribution in [0.1, 0.15) is 23.7 Å². The minimum atomic E-state index is -0.0370. The molecule has 2 unspecified atom stereocenters. The van der Waals surface area contributed by atoms with Gasteiger partial charge in [-0.2, -0.15) is 0 Å². The van der Waals surface area contributed by atoms with Crippen LogP contribution in [0.25, 0.3) is 0 Å². The number of hydrogen-bond donors (Lipinski definition) is 0. The fourth-order valence-corrected chi connectivity index (χ4v) is 3.09. The second kappa shape index (κ2) is 5.81. The lowest BCUT2D eigenvalue weighted by atomic mass is 9.98. The number of benzene rings is 1. The van der Waals surface area contributed by atoms with Gasteiger partial charge in [-0.25, -0.2) is 0 Å². The third kappa shape index (κ3) is 3.01. The number of carbonyl (C=O) groups excluding carboxylic acids is 1. The van der Waals surface area contributed by atoms with E-state index in [9.17, 15) is 4.79 Å². The second-order valence-corrected chi connectivity index (χ2v) is 6.54. The number of carbonyl (C=O) groups is 1. The molecule has 0 spiro atoms. The molecule has 18 heavy (non-hydrogen) atoms. The number of nitrogens with zero attached hydrogens (tertiary/aromatic N) is 1. The summed E-state index contributed by atoms with van der Waals surface area (Å²) in [6.45, 7) is 3.45. The molecule has 1 saturated heterocycles. The van der Waals surface area contributed by atoms with E-state index in [4.69, 9.17) is 23.2 Å². The van der Waals surface area contributed by atoms with Gasteiger partial charge in [0.2, 0.25) is 0 Å². The number of halogens is 3. The molecule has 1 fully saturated rings. The molecule has 0 bridgehead atoms. The van der Waals surface area contributed by atoms with E-state index >= 15 is 0 Å². The molecule has 1 aliphatic heterocycles. The molecular formula is C13H14BrCl2NO. The van der Waals surface area contributed by atoms with Gasteiger partial charge in [-0.05, 0) is 30.5 Å². The Bertz CT molecular complexity index is 466. The maximum Gasteiger partial charge on any atom is 0.255 e. The summed E-state index contributed by atoms with van der Waals surface area (Å²) in [4.78, 5) is 14.1. The largest absolute Gasteiger partial charge is 0.337 e. The minimum Gasteiger partial charge on any atom is -0.337 e. The van der Waals surface area contributed by atoms with Crippen LogP contribution in [0.3, 0.4) is 0 Å². The Morgan fingerprint density at radius 2 is 2.22 bits per heavy atom. The van der Waals surface area contributed by atoms with E-state index in [0.717, 1.165) is 17.4 Å². The Balaban J connectivity index is 2.16. The van der Waals surface area contributed by atoms with Crippen molar-refractivity contribution in [2.45, 2.75) is 18.7 Å². The Morgan fingerprint density at radius 3 is 2.83 bits per heavy atom. The molecule has 2 atom stereocenters. The van der Waals surface area contributed by atoms with Crippen molar-refractivity contribution in [1.82, 2.24) is 4.90 Å². The van der Waals surface area contributed by atoms with Gasteiger partial charge in [-0.15, -0.1) is 11.6 Å². The highest BCUT2D eigenvalue weighted by atomic mass is 79.9. The first-order valence-electron chi connectivity index (χ1n) is 5.87. The van der Waals surface area contributed by atoms with E-state index in [1.165, 1.54) is 0 Å². The van der Waals surface area contributed by atoms with Crippen LogP contribution in [-0.2, 0) is 0 Å². The molecule has 0 aromatic heterocycles. The van der Waals surface area contributed by atoms with Crippen LogP contribution in [0.5, 0.6) is 0 Å². The first-order valence-corrected chi connectivity index (χ1v) is 7.48. The zero-order chi connectivity index (χ0) is 13.3. The van der Waals surface area contributed by atoms with Gasteiger partial charge in [0.1, 0.15) is 0 Å². The van der Waals surface area contributed by atoms with Gasteiger partial charge in [0, 0.05) is 17.6 Å². The number of likely N-dealkylation sites (tertiary alicyclic amines) is 1. The standard InChI is InChI=1S/C13H14BrCl2NO/c1-8-4-5-17(7-12(8)16)13(18)10-3-2-9(14)6-11(10)15/h2-3,6,8,12H,4-5,7H2,1H3. The summed E-state index contributed by atoms with van der Waals surface area (Å²) in [6.07, 6.45) is 0.939. The quantitative estimate of drug-likeness (QED) is 0.695. The van der Waals surface area contributed by atoms with Crippen molar-refractivity contribution >= 4 is 45.0 Å². The number of rotatable bonds is 1. The van der Waals surface area contributed by atoms with E-state index in [1.54, 1.807) is 17.0 Å². The summed E-state index contributed by atoms with van der Waals surface area (Å²) in [6, 6.07) is 5.30. The van der Waals surface area contributed by atoms with Crippen LogP contribution >= 0.6 is 39.1 Å². The highest BCUT2D eigenvalue weighted by Gasteiger charge is 2.28. The molecule has 1 heterocycles. The fourth-order valence-electron chi connectivity index (χ4n) is 2.04. The highest BCUT2D eigenvalue weighted by molar-refractivity contribution is 9.10. The summed E-state index contributed by atoms with van der Waals surface area (Å²) in [5.74, 6) is 0.418. The Kier molecular flexibility index (Phi) is 4.57. The van der Waals surface area contributed by atoms with E-state index in [2.05, 4.69) is 22.9 Å². The second-order valence-electron chi connectivity index (χ2n) is 4.66. The van der Waals surface area contributed by atoms with Crippen molar-refractivity contribution in [3.63, 3.8) is 0 Å². The first-order chi connectivity index (χ1) is 8.49. The third-order valence-corrected chi connectivity index (χ3v) is 4.69. The Hall–Kier alpha value is -0.250. The van der Waals surface area contributed by atoms with E-state index < -0.39 is 0 Å². The normalized spacial score (nSPS) is 24.1. The average Bonchev–Trinajstić information content (AvgIpc) is 2.32. The SMILES string of the molecule is CC1CCN(C(=O)c2ccc(Br)cc2Cl)CC1Cl. The van der Waals surface area contributed by atoms with Crippen molar-refractivity contribution in [3.8, 4) is 0 Å². The summed E-state index contributed by atoms with van der Waals surface area (Å²) in [7, 11) is 0. The smallest absolute Gasteiger partial charge is 0.255 e. The Labute approximate surface area is 125 Å². The van der Waals surface area contributed by atoms with Gasteiger partial charge in [0.25, 0.3) is 5.91 Å². The molecule has 2 rings (SSSR count). The van der Waals surface area contributed by atoms with Gasteiger partial charge in [0.15, 0.2) is 0 Å². The molecule has 0 aliphatic carbocycles. The average molecular weight is 351 g/mol. The van der Waals surface area contributed by atoms with Crippen LogP contribution in [-0.4, -0.2) is 29.3 Å². The lowest BCUT2D eigenvalue weighted by Gasteiger charge is -2.34. The van der Waals surface area contributed by atoms with Crippen molar-refractivity contribution in [2.24, 2.45) is 5.92 Å². The number of amides is 1. The molecule has 1 aromatic carbocycles. The molecule has 0 radical (unpaired) electrons. The molecule has 1 aromatic rings. The van der Waals surface area contributed by atoms with Gasteiger partial charge >= 0.3 is 0 Å². The minimum absolute atomic E-state index is 0.0249. The zero-order valence-corrected chi connectivity index (χ0v) is 13.1. The van der Waals surface area contributed by atoms with Crippen LogP contribution in [0, 0.1) is 5.92 Å². The Morgan fingerprint density at radius 1 is 1.50 bits per heavy atom. The summed E-state index contributed by atoms with van der Waals surface area (Å²) in [5, 5.41) is 0.496. The molecular weight excluding hydrogens is 337 g/mol. The van der Waals surface area contributed by atoms with Crippen LogP contribution in [0.15, 0.2) is 22.7 Å². The molecule has 98 valence electrons. The van der Waals surface area contributed by atoms with Gasteiger partial charge in [0.05, 0.1) is 16.0 Å². The highest BCUT2D eigenvalue weighted by Crippen LogP contribution is 2.26. The topological polar surface area (TPSA) is 20.3 Å². The monoisotopic (exact) mass is 349 g/mol. The van der Waals surface area contributed by atoms with E-state index in [0.29, 0.717) is 23.0 Å². The van der Waals surface area contributed by atoms with Crippen LogP contribution in [0.4, 0.5) is 0 Å². The summed E-state index contributed by atoms with van der Waals surface area (Å²) >= 11 is 15.7. The molecule has 1 aliphatic rings. The lowest BCUT2D eigenvalue weighted by molar-refractivity contribution is 0.0701. The third-order valence-electron chi connectivity index (χ3n) is 3.32. The molecule has 1 amide bonds. The molecule has 0 saturated carbocycles. The van der Waals surface area contributed by atoms with Gasteiger partial charge < -0.3 is 4.90 Å².